The maximum Gasteiger partial charge on any atom is 0.0558 e. The molecule has 0 aliphatic rings. The molecule has 0 bridgehead atoms. The summed E-state index contributed by atoms with van der Waals surface area (Å²) >= 11 is 3.44. The van der Waals surface area contributed by atoms with Gasteiger partial charge in [0.15, 0.2) is 0 Å². The van der Waals surface area contributed by atoms with Crippen molar-refractivity contribution in [2.24, 2.45) is 0 Å². The van der Waals surface area contributed by atoms with Gasteiger partial charge in [0, 0.05) is 24.1 Å². The second-order valence-electron chi connectivity index (χ2n) is 4.55. The van der Waals surface area contributed by atoms with Crippen LogP contribution in [0.5, 0.6) is 0 Å². The summed E-state index contributed by atoms with van der Waals surface area (Å²) in [6, 6.07) is 18.7. The molecule has 0 amide bonds. The zero-order valence-electron chi connectivity index (χ0n) is 10.8. The Morgan fingerprint density at radius 3 is 2.00 bits per heavy atom. The predicted octanol–water partition coefficient (Wildman–Crippen LogP) is 3.44. The molecule has 0 fully saturated rings. The van der Waals surface area contributed by atoms with E-state index >= 15 is 0 Å². The number of nitrogens with zero attached hydrogens (tertiary/aromatic N) is 1. The third-order valence-electron chi connectivity index (χ3n) is 2.98. The molecule has 2 aromatic carbocycles. The van der Waals surface area contributed by atoms with Crippen LogP contribution in [0, 0.1) is 0 Å². The third kappa shape index (κ3) is 4.78. The first-order valence-corrected chi connectivity index (χ1v) is 7.19. The highest BCUT2D eigenvalue weighted by Gasteiger charge is 2.06. The van der Waals surface area contributed by atoms with Gasteiger partial charge in [-0.25, -0.2) is 0 Å². The van der Waals surface area contributed by atoms with Gasteiger partial charge in [-0.1, -0.05) is 58.4 Å². The second kappa shape index (κ2) is 7.43. The molecule has 1 N–H and O–H groups in total. The molecule has 19 heavy (non-hydrogen) atoms. The largest absolute Gasteiger partial charge is 0.395 e. The summed E-state index contributed by atoms with van der Waals surface area (Å²) in [4.78, 5) is 2.25. The smallest absolute Gasteiger partial charge is 0.0558 e. The van der Waals surface area contributed by atoms with Crippen LogP contribution in [0.4, 0.5) is 0 Å². The van der Waals surface area contributed by atoms with E-state index in [0.29, 0.717) is 6.54 Å². The zero-order valence-corrected chi connectivity index (χ0v) is 12.4. The van der Waals surface area contributed by atoms with Gasteiger partial charge >= 0.3 is 0 Å². The number of aliphatic hydroxyl groups excluding tert-OH is 1. The van der Waals surface area contributed by atoms with E-state index in [1.54, 1.807) is 0 Å². The second-order valence-corrected chi connectivity index (χ2v) is 5.46. The molecule has 2 rings (SSSR count). The summed E-state index contributed by atoms with van der Waals surface area (Å²) in [6.45, 7) is 2.58. The van der Waals surface area contributed by atoms with E-state index in [1.807, 2.05) is 18.2 Å². The predicted molar refractivity (Wildman–Crippen MR) is 81.8 cm³/mol. The summed E-state index contributed by atoms with van der Waals surface area (Å²) in [5.41, 5.74) is 2.53. The van der Waals surface area contributed by atoms with Gasteiger partial charge in [-0.2, -0.15) is 0 Å². The Morgan fingerprint density at radius 1 is 0.842 bits per heavy atom. The van der Waals surface area contributed by atoms with Crippen molar-refractivity contribution in [1.82, 2.24) is 4.90 Å². The number of hydrogen-bond donors (Lipinski definition) is 1. The number of hydrogen-bond acceptors (Lipinski definition) is 2. The van der Waals surface area contributed by atoms with Crippen LogP contribution < -0.4 is 0 Å². The van der Waals surface area contributed by atoms with E-state index in [1.165, 1.54) is 11.1 Å². The van der Waals surface area contributed by atoms with Crippen molar-refractivity contribution in [2.75, 3.05) is 13.2 Å². The number of benzene rings is 2. The lowest BCUT2D eigenvalue weighted by Crippen LogP contribution is -2.26. The van der Waals surface area contributed by atoms with E-state index < -0.39 is 0 Å². The third-order valence-corrected chi connectivity index (χ3v) is 3.51. The lowest BCUT2D eigenvalue weighted by molar-refractivity contribution is 0.184. The van der Waals surface area contributed by atoms with E-state index in [-0.39, 0.29) is 6.61 Å². The Kier molecular flexibility index (Phi) is 5.58. The molecule has 3 heteroatoms. The monoisotopic (exact) mass is 319 g/mol. The molecular weight excluding hydrogens is 302 g/mol. The van der Waals surface area contributed by atoms with Gasteiger partial charge in [0.25, 0.3) is 0 Å². The van der Waals surface area contributed by atoms with Crippen molar-refractivity contribution in [3.05, 3.63) is 70.2 Å². The molecule has 0 aromatic heterocycles. The summed E-state index contributed by atoms with van der Waals surface area (Å²) in [5.74, 6) is 0. The number of halogens is 1. The van der Waals surface area contributed by atoms with Crippen LogP contribution in [0.1, 0.15) is 11.1 Å². The van der Waals surface area contributed by atoms with Gasteiger partial charge in [0.2, 0.25) is 0 Å². The molecule has 0 aliphatic carbocycles. The molecule has 0 saturated carbocycles. The van der Waals surface area contributed by atoms with Gasteiger partial charge in [0.05, 0.1) is 6.61 Å². The first kappa shape index (κ1) is 14.3. The van der Waals surface area contributed by atoms with Crippen LogP contribution in [0.15, 0.2) is 59.1 Å². The van der Waals surface area contributed by atoms with Crippen LogP contribution in [-0.2, 0) is 13.1 Å². The highest BCUT2D eigenvalue weighted by Crippen LogP contribution is 2.13. The normalized spacial score (nSPS) is 10.9. The Morgan fingerprint density at radius 2 is 1.42 bits per heavy atom. The van der Waals surface area contributed by atoms with E-state index in [0.717, 1.165) is 17.6 Å². The SMILES string of the molecule is OCCN(Cc1ccccc1)Cc1ccc(Br)cc1. The lowest BCUT2D eigenvalue weighted by Gasteiger charge is -2.21. The van der Waals surface area contributed by atoms with E-state index in [9.17, 15) is 5.11 Å². The first-order valence-electron chi connectivity index (χ1n) is 6.39. The van der Waals surface area contributed by atoms with Crippen molar-refractivity contribution in [2.45, 2.75) is 13.1 Å². The minimum absolute atomic E-state index is 0.184. The standard InChI is InChI=1S/C16H18BrNO/c17-16-8-6-15(7-9-16)13-18(10-11-19)12-14-4-2-1-3-5-14/h1-9,19H,10-13H2. The molecule has 2 aromatic rings. The van der Waals surface area contributed by atoms with Crippen LogP contribution >= 0.6 is 15.9 Å². The minimum atomic E-state index is 0.184. The van der Waals surface area contributed by atoms with Crippen LogP contribution in [0.25, 0.3) is 0 Å². The molecule has 0 unspecified atom stereocenters. The fourth-order valence-corrected chi connectivity index (χ4v) is 2.31. The topological polar surface area (TPSA) is 23.5 Å². The van der Waals surface area contributed by atoms with Gasteiger partial charge in [-0.05, 0) is 23.3 Å². The minimum Gasteiger partial charge on any atom is -0.395 e. The van der Waals surface area contributed by atoms with Crippen LogP contribution in [-0.4, -0.2) is 23.2 Å². The average molecular weight is 320 g/mol. The Bertz CT molecular complexity index is 484. The van der Waals surface area contributed by atoms with E-state index in [4.69, 9.17) is 0 Å². The van der Waals surface area contributed by atoms with Crippen molar-refractivity contribution in [3.63, 3.8) is 0 Å². The van der Waals surface area contributed by atoms with Gasteiger partial charge in [-0.15, -0.1) is 0 Å². The molecule has 0 atom stereocenters. The lowest BCUT2D eigenvalue weighted by atomic mass is 10.1. The van der Waals surface area contributed by atoms with Crippen LogP contribution in [0.3, 0.4) is 0 Å². The average Bonchev–Trinajstić information content (AvgIpc) is 2.43. The molecule has 100 valence electrons. The maximum absolute atomic E-state index is 9.19. The Labute approximate surface area is 122 Å². The van der Waals surface area contributed by atoms with Crippen molar-refractivity contribution < 1.29 is 5.11 Å². The van der Waals surface area contributed by atoms with Crippen molar-refractivity contribution in [3.8, 4) is 0 Å². The first-order chi connectivity index (χ1) is 9.28. The highest BCUT2D eigenvalue weighted by atomic mass is 79.9. The van der Waals surface area contributed by atoms with Gasteiger partial charge < -0.3 is 5.11 Å². The Balaban J connectivity index is 2.01. The molecule has 0 saturated heterocycles. The summed E-state index contributed by atoms with van der Waals surface area (Å²) in [6.07, 6.45) is 0. The Hall–Kier alpha value is -1.16. The van der Waals surface area contributed by atoms with Gasteiger partial charge in [-0.3, -0.25) is 4.90 Å². The molecule has 2 nitrogen and oxygen atoms in total. The van der Waals surface area contributed by atoms with E-state index in [2.05, 4.69) is 57.2 Å². The molecule has 0 aliphatic heterocycles. The molecule has 0 spiro atoms. The fraction of sp³-hybridized carbons (Fsp3) is 0.250. The summed E-state index contributed by atoms with van der Waals surface area (Å²) < 4.78 is 1.09. The summed E-state index contributed by atoms with van der Waals surface area (Å²) in [5, 5.41) is 9.19. The molecule has 0 radical (unpaired) electrons. The fourth-order valence-electron chi connectivity index (χ4n) is 2.05. The van der Waals surface area contributed by atoms with Gasteiger partial charge in [0.1, 0.15) is 0 Å². The number of rotatable bonds is 6. The molecular formula is C16H18BrNO. The van der Waals surface area contributed by atoms with Crippen molar-refractivity contribution >= 4 is 15.9 Å². The maximum atomic E-state index is 9.19. The quantitative estimate of drug-likeness (QED) is 0.881. The summed E-state index contributed by atoms with van der Waals surface area (Å²) in [7, 11) is 0. The highest BCUT2D eigenvalue weighted by molar-refractivity contribution is 9.10. The van der Waals surface area contributed by atoms with Crippen LogP contribution in [0.2, 0.25) is 0 Å². The molecule has 0 heterocycles. The number of aliphatic hydroxyl groups is 1. The zero-order chi connectivity index (χ0) is 13.5. The van der Waals surface area contributed by atoms with Crippen molar-refractivity contribution in [1.29, 1.82) is 0 Å².